The van der Waals surface area contributed by atoms with E-state index in [0.29, 0.717) is 19.0 Å². The fourth-order valence-corrected chi connectivity index (χ4v) is 2.82. The third-order valence-corrected chi connectivity index (χ3v) is 4.04. The van der Waals surface area contributed by atoms with E-state index in [2.05, 4.69) is 12.2 Å². The summed E-state index contributed by atoms with van der Waals surface area (Å²) in [6, 6.07) is 4.03. The predicted octanol–water partition coefficient (Wildman–Crippen LogP) is 2.13. The van der Waals surface area contributed by atoms with E-state index in [1.54, 1.807) is 7.11 Å². The highest BCUT2D eigenvalue weighted by Crippen LogP contribution is 2.40. The Kier molecular flexibility index (Phi) is 4.22. The number of methoxy groups -OCH3 is 1. The lowest BCUT2D eigenvalue weighted by molar-refractivity contribution is 0.0277. The number of hydrogen-bond donors (Lipinski definition) is 1. The Bertz CT molecular complexity index is 480. The minimum atomic E-state index is 0.0404. The highest BCUT2D eigenvalue weighted by Gasteiger charge is 2.27. The topological polar surface area (TPSA) is 49.0 Å². The molecule has 0 spiro atoms. The van der Waals surface area contributed by atoms with Crippen molar-refractivity contribution in [3.63, 3.8) is 0 Å². The Labute approximate surface area is 125 Å². The lowest BCUT2D eigenvalue weighted by Gasteiger charge is -2.34. The van der Waals surface area contributed by atoms with Crippen LogP contribution in [-0.4, -0.2) is 39.1 Å². The Morgan fingerprint density at radius 2 is 2.10 bits per heavy atom. The van der Waals surface area contributed by atoms with Gasteiger partial charge in [0.1, 0.15) is 13.2 Å². The summed E-state index contributed by atoms with van der Waals surface area (Å²) in [5, 5.41) is 3.60. The van der Waals surface area contributed by atoms with Crippen LogP contribution in [0.15, 0.2) is 12.1 Å². The molecule has 0 bridgehead atoms. The Balaban J connectivity index is 1.73. The van der Waals surface area contributed by atoms with Crippen LogP contribution < -0.4 is 19.5 Å². The first-order valence-electron chi connectivity index (χ1n) is 7.49. The standard InChI is InChI=1S/C16H23NO4/c1-16(4-3-5-19-11-16)17-10-12-8-13(18-2)15-14(9-12)20-6-7-21-15/h8-9,17H,3-7,10-11H2,1-2H3. The van der Waals surface area contributed by atoms with E-state index in [1.165, 1.54) is 0 Å². The maximum absolute atomic E-state index is 5.67. The zero-order valence-corrected chi connectivity index (χ0v) is 12.7. The van der Waals surface area contributed by atoms with E-state index in [0.717, 1.165) is 49.7 Å². The van der Waals surface area contributed by atoms with Gasteiger partial charge in [0.2, 0.25) is 5.75 Å². The van der Waals surface area contributed by atoms with Gasteiger partial charge in [-0.05, 0) is 37.5 Å². The van der Waals surface area contributed by atoms with Crippen molar-refractivity contribution in [1.82, 2.24) is 5.32 Å². The maximum Gasteiger partial charge on any atom is 0.203 e. The van der Waals surface area contributed by atoms with Crippen LogP contribution in [0.25, 0.3) is 0 Å². The smallest absolute Gasteiger partial charge is 0.203 e. The molecule has 5 nitrogen and oxygen atoms in total. The van der Waals surface area contributed by atoms with E-state index in [1.807, 2.05) is 12.1 Å². The van der Waals surface area contributed by atoms with Crippen LogP contribution in [0.1, 0.15) is 25.3 Å². The highest BCUT2D eigenvalue weighted by molar-refractivity contribution is 5.54. The van der Waals surface area contributed by atoms with E-state index < -0.39 is 0 Å². The lowest BCUT2D eigenvalue weighted by Crippen LogP contribution is -2.48. The highest BCUT2D eigenvalue weighted by atomic mass is 16.6. The van der Waals surface area contributed by atoms with Crippen molar-refractivity contribution in [2.24, 2.45) is 0 Å². The summed E-state index contributed by atoms with van der Waals surface area (Å²) in [6.07, 6.45) is 2.24. The van der Waals surface area contributed by atoms with Gasteiger partial charge in [0, 0.05) is 18.7 Å². The normalized spacial score (nSPS) is 24.7. The molecule has 5 heteroatoms. The predicted molar refractivity (Wildman–Crippen MR) is 79.3 cm³/mol. The maximum atomic E-state index is 5.67. The van der Waals surface area contributed by atoms with Crippen LogP contribution >= 0.6 is 0 Å². The number of fused-ring (bicyclic) bond motifs is 1. The van der Waals surface area contributed by atoms with Crippen molar-refractivity contribution in [1.29, 1.82) is 0 Å². The van der Waals surface area contributed by atoms with Crippen LogP contribution in [-0.2, 0) is 11.3 Å². The Morgan fingerprint density at radius 1 is 1.24 bits per heavy atom. The van der Waals surface area contributed by atoms with Gasteiger partial charge in [0.05, 0.1) is 13.7 Å². The third kappa shape index (κ3) is 3.24. The monoisotopic (exact) mass is 293 g/mol. The molecule has 0 aliphatic carbocycles. The molecule has 0 amide bonds. The van der Waals surface area contributed by atoms with Crippen LogP contribution in [0.5, 0.6) is 17.2 Å². The number of rotatable bonds is 4. The van der Waals surface area contributed by atoms with E-state index in [9.17, 15) is 0 Å². The van der Waals surface area contributed by atoms with E-state index in [4.69, 9.17) is 18.9 Å². The largest absolute Gasteiger partial charge is 0.493 e. The number of ether oxygens (including phenoxy) is 4. The number of hydrogen-bond acceptors (Lipinski definition) is 5. The molecular weight excluding hydrogens is 270 g/mol. The van der Waals surface area contributed by atoms with Gasteiger partial charge in [-0.25, -0.2) is 0 Å². The summed E-state index contributed by atoms with van der Waals surface area (Å²) >= 11 is 0. The Morgan fingerprint density at radius 3 is 2.86 bits per heavy atom. The molecule has 21 heavy (non-hydrogen) atoms. The molecule has 2 aliphatic heterocycles. The first-order chi connectivity index (χ1) is 10.2. The van der Waals surface area contributed by atoms with Gasteiger partial charge in [0.25, 0.3) is 0 Å². The lowest BCUT2D eigenvalue weighted by atomic mass is 9.94. The summed E-state index contributed by atoms with van der Waals surface area (Å²) in [4.78, 5) is 0. The van der Waals surface area contributed by atoms with Gasteiger partial charge in [-0.15, -0.1) is 0 Å². The molecule has 116 valence electrons. The molecule has 1 fully saturated rings. The van der Waals surface area contributed by atoms with E-state index >= 15 is 0 Å². The molecule has 1 unspecified atom stereocenters. The summed E-state index contributed by atoms with van der Waals surface area (Å²) in [6.45, 7) is 5.74. The first-order valence-corrected chi connectivity index (χ1v) is 7.49. The molecule has 1 saturated heterocycles. The third-order valence-electron chi connectivity index (χ3n) is 4.04. The minimum absolute atomic E-state index is 0.0404. The molecule has 1 aromatic carbocycles. The Hall–Kier alpha value is -1.46. The van der Waals surface area contributed by atoms with Crippen molar-refractivity contribution >= 4 is 0 Å². The number of nitrogens with one attached hydrogen (secondary N) is 1. The fraction of sp³-hybridized carbons (Fsp3) is 0.625. The van der Waals surface area contributed by atoms with Gasteiger partial charge in [0.15, 0.2) is 11.5 Å². The summed E-state index contributed by atoms with van der Waals surface area (Å²) in [5.74, 6) is 2.20. The molecule has 3 rings (SSSR count). The van der Waals surface area contributed by atoms with Gasteiger partial charge in [-0.2, -0.15) is 0 Å². The molecule has 0 radical (unpaired) electrons. The van der Waals surface area contributed by atoms with Crippen LogP contribution in [0.4, 0.5) is 0 Å². The average Bonchev–Trinajstić information content (AvgIpc) is 2.53. The summed E-state index contributed by atoms with van der Waals surface area (Å²) in [7, 11) is 1.65. The SMILES string of the molecule is COc1cc(CNC2(C)CCCOC2)cc2c1OCCO2. The quantitative estimate of drug-likeness (QED) is 0.921. The molecular formula is C16H23NO4. The molecule has 0 aromatic heterocycles. The second-order valence-electron chi connectivity index (χ2n) is 5.89. The second kappa shape index (κ2) is 6.12. The molecule has 1 N–H and O–H groups in total. The van der Waals surface area contributed by atoms with Gasteiger partial charge < -0.3 is 24.3 Å². The van der Waals surface area contributed by atoms with Gasteiger partial charge in [-0.1, -0.05) is 0 Å². The number of benzene rings is 1. The molecule has 2 aliphatic rings. The first kappa shape index (κ1) is 14.5. The minimum Gasteiger partial charge on any atom is -0.493 e. The van der Waals surface area contributed by atoms with Gasteiger partial charge >= 0.3 is 0 Å². The molecule has 0 saturated carbocycles. The van der Waals surface area contributed by atoms with Crippen LogP contribution in [0.3, 0.4) is 0 Å². The molecule has 1 atom stereocenters. The summed E-state index contributed by atoms with van der Waals surface area (Å²) < 4.78 is 22.3. The van der Waals surface area contributed by atoms with Crippen molar-refractivity contribution in [3.8, 4) is 17.2 Å². The molecule has 1 aromatic rings. The van der Waals surface area contributed by atoms with Crippen LogP contribution in [0.2, 0.25) is 0 Å². The van der Waals surface area contributed by atoms with Crippen LogP contribution in [0, 0.1) is 0 Å². The van der Waals surface area contributed by atoms with Crippen molar-refractivity contribution in [2.75, 3.05) is 33.5 Å². The zero-order valence-electron chi connectivity index (χ0n) is 12.7. The van der Waals surface area contributed by atoms with Crippen molar-refractivity contribution < 1.29 is 18.9 Å². The van der Waals surface area contributed by atoms with Crippen molar-refractivity contribution in [2.45, 2.75) is 31.8 Å². The van der Waals surface area contributed by atoms with Gasteiger partial charge in [-0.3, -0.25) is 0 Å². The zero-order chi connectivity index (χ0) is 14.7. The fourth-order valence-electron chi connectivity index (χ4n) is 2.82. The van der Waals surface area contributed by atoms with Crippen molar-refractivity contribution in [3.05, 3.63) is 17.7 Å². The summed E-state index contributed by atoms with van der Waals surface area (Å²) in [5.41, 5.74) is 1.17. The molecule has 2 heterocycles. The second-order valence-corrected chi connectivity index (χ2v) is 5.89. The average molecular weight is 293 g/mol. The van der Waals surface area contributed by atoms with E-state index in [-0.39, 0.29) is 5.54 Å².